The Labute approximate surface area is 104 Å². The molecule has 0 saturated carbocycles. The first-order valence-corrected chi connectivity index (χ1v) is 6.02. The molecule has 106 valence electrons. The van der Waals surface area contributed by atoms with E-state index in [0.29, 0.717) is 25.9 Å². The first-order valence-electron chi connectivity index (χ1n) is 6.02. The highest BCUT2D eigenvalue weighted by Gasteiger charge is 2.35. The second kappa shape index (κ2) is 5.77. The Morgan fingerprint density at radius 2 is 1.94 bits per heavy atom. The SMILES string of the molecule is CCC1(CO)CCN(C(=O)NCC(F)(F)F)CC1. The Morgan fingerprint density at radius 3 is 2.33 bits per heavy atom. The van der Waals surface area contributed by atoms with Gasteiger partial charge in [0.05, 0.1) is 0 Å². The number of piperidine rings is 1. The molecule has 0 aromatic heterocycles. The molecular weight excluding hydrogens is 249 g/mol. The van der Waals surface area contributed by atoms with Crippen LogP contribution in [0.2, 0.25) is 0 Å². The van der Waals surface area contributed by atoms with E-state index in [1.165, 1.54) is 4.90 Å². The average molecular weight is 268 g/mol. The van der Waals surface area contributed by atoms with Crippen LogP contribution in [0.15, 0.2) is 0 Å². The Balaban J connectivity index is 2.41. The summed E-state index contributed by atoms with van der Waals surface area (Å²) in [5.74, 6) is 0. The van der Waals surface area contributed by atoms with E-state index in [1.54, 1.807) is 0 Å². The number of rotatable bonds is 3. The molecule has 18 heavy (non-hydrogen) atoms. The number of hydrogen-bond acceptors (Lipinski definition) is 2. The van der Waals surface area contributed by atoms with Crippen LogP contribution in [-0.4, -0.2) is 48.5 Å². The maximum absolute atomic E-state index is 11.9. The number of likely N-dealkylation sites (tertiary alicyclic amines) is 1. The number of halogens is 3. The summed E-state index contributed by atoms with van der Waals surface area (Å²) < 4.78 is 35.8. The van der Waals surface area contributed by atoms with Gasteiger partial charge >= 0.3 is 12.2 Å². The molecule has 1 saturated heterocycles. The Kier molecular flexibility index (Phi) is 4.84. The highest BCUT2D eigenvalue weighted by Crippen LogP contribution is 2.34. The summed E-state index contributed by atoms with van der Waals surface area (Å²) in [7, 11) is 0. The van der Waals surface area contributed by atoms with Crippen molar-refractivity contribution in [3.8, 4) is 0 Å². The molecule has 0 aromatic rings. The first-order chi connectivity index (χ1) is 8.32. The molecular formula is C11H19F3N2O2. The summed E-state index contributed by atoms with van der Waals surface area (Å²) in [6.07, 6.45) is -2.33. The van der Waals surface area contributed by atoms with Gasteiger partial charge in [0.15, 0.2) is 0 Å². The van der Waals surface area contributed by atoms with Crippen molar-refractivity contribution in [2.24, 2.45) is 5.41 Å². The smallest absolute Gasteiger partial charge is 0.396 e. The monoisotopic (exact) mass is 268 g/mol. The van der Waals surface area contributed by atoms with Crippen LogP contribution < -0.4 is 5.32 Å². The minimum Gasteiger partial charge on any atom is -0.396 e. The molecule has 7 heteroatoms. The molecule has 1 aliphatic rings. The average Bonchev–Trinajstić information content (AvgIpc) is 2.35. The lowest BCUT2D eigenvalue weighted by Crippen LogP contribution is -2.49. The predicted molar refractivity (Wildman–Crippen MR) is 60.1 cm³/mol. The lowest BCUT2D eigenvalue weighted by atomic mass is 9.77. The van der Waals surface area contributed by atoms with E-state index in [1.807, 2.05) is 12.2 Å². The van der Waals surface area contributed by atoms with Crippen LogP contribution >= 0.6 is 0 Å². The highest BCUT2D eigenvalue weighted by molar-refractivity contribution is 5.74. The molecule has 1 fully saturated rings. The number of nitrogens with zero attached hydrogens (tertiary/aromatic N) is 1. The van der Waals surface area contributed by atoms with Crippen LogP contribution in [0, 0.1) is 5.41 Å². The third-order valence-corrected chi connectivity index (χ3v) is 3.64. The summed E-state index contributed by atoms with van der Waals surface area (Å²) in [5, 5.41) is 11.2. The van der Waals surface area contributed by atoms with Gasteiger partial charge in [-0.2, -0.15) is 13.2 Å². The largest absolute Gasteiger partial charge is 0.405 e. The van der Waals surface area contributed by atoms with Crippen molar-refractivity contribution in [3.05, 3.63) is 0 Å². The summed E-state index contributed by atoms with van der Waals surface area (Å²) in [5.41, 5.74) is -0.180. The van der Waals surface area contributed by atoms with Gasteiger partial charge in [-0.3, -0.25) is 0 Å². The fraction of sp³-hybridized carbons (Fsp3) is 0.909. The molecule has 1 heterocycles. The van der Waals surface area contributed by atoms with E-state index in [2.05, 4.69) is 0 Å². The molecule has 0 atom stereocenters. The summed E-state index contributed by atoms with van der Waals surface area (Å²) in [6, 6.07) is -0.685. The number of hydrogen-bond donors (Lipinski definition) is 2. The van der Waals surface area contributed by atoms with Crippen molar-refractivity contribution in [2.45, 2.75) is 32.4 Å². The summed E-state index contributed by atoms with van der Waals surface area (Å²) in [6.45, 7) is 1.49. The van der Waals surface area contributed by atoms with Crippen LogP contribution in [0.5, 0.6) is 0 Å². The fourth-order valence-corrected chi connectivity index (χ4v) is 2.10. The minimum absolute atomic E-state index is 0.0571. The Hall–Kier alpha value is -0.980. The lowest BCUT2D eigenvalue weighted by molar-refractivity contribution is -0.123. The van der Waals surface area contributed by atoms with E-state index < -0.39 is 18.8 Å². The standard InChI is InChI=1S/C11H19F3N2O2/c1-2-10(8-17)3-5-16(6-4-10)9(18)15-7-11(12,13)14/h17H,2-8H2,1H3,(H,15,18). The molecule has 0 aromatic carbocycles. The molecule has 4 nitrogen and oxygen atoms in total. The van der Waals surface area contributed by atoms with E-state index in [0.717, 1.165) is 6.42 Å². The Bertz CT molecular complexity index is 281. The van der Waals surface area contributed by atoms with Crippen molar-refractivity contribution in [2.75, 3.05) is 26.2 Å². The zero-order valence-electron chi connectivity index (χ0n) is 10.4. The number of carbonyl (C=O) groups excluding carboxylic acids is 1. The van der Waals surface area contributed by atoms with E-state index in [9.17, 15) is 23.1 Å². The number of urea groups is 1. The zero-order chi connectivity index (χ0) is 13.8. The number of nitrogens with one attached hydrogen (secondary N) is 1. The highest BCUT2D eigenvalue weighted by atomic mass is 19.4. The predicted octanol–water partition coefficient (Wildman–Crippen LogP) is 1.74. The van der Waals surface area contributed by atoms with E-state index in [-0.39, 0.29) is 12.0 Å². The zero-order valence-corrected chi connectivity index (χ0v) is 10.4. The maximum Gasteiger partial charge on any atom is 0.405 e. The normalized spacial score (nSPS) is 19.7. The van der Waals surface area contributed by atoms with Gasteiger partial charge in [0, 0.05) is 19.7 Å². The van der Waals surface area contributed by atoms with Gasteiger partial charge < -0.3 is 15.3 Å². The van der Waals surface area contributed by atoms with Gasteiger partial charge in [-0.15, -0.1) is 0 Å². The summed E-state index contributed by atoms with van der Waals surface area (Å²) >= 11 is 0. The number of amides is 2. The third-order valence-electron chi connectivity index (χ3n) is 3.64. The fourth-order valence-electron chi connectivity index (χ4n) is 2.10. The number of aliphatic hydroxyl groups is 1. The summed E-state index contributed by atoms with van der Waals surface area (Å²) in [4.78, 5) is 12.9. The lowest BCUT2D eigenvalue weighted by Gasteiger charge is -2.40. The topological polar surface area (TPSA) is 52.6 Å². The molecule has 2 N–H and O–H groups in total. The van der Waals surface area contributed by atoms with Crippen LogP contribution in [0.1, 0.15) is 26.2 Å². The molecule has 1 aliphatic heterocycles. The van der Waals surface area contributed by atoms with Crippen LogP contribution in [0.3, 0.4) is 0 Å². The molecule has 0 spiro atoms. The molecule has 0 aliphatic carbocycles. The minimum atomic E-state index is -4.39. The molecule has 2 amide bonds. The Morgan fingerprint density at radius 1 is 1.39 bits per heavy atom. The van der Waals surface area contributed by atoms with Gasteiger partial charge in [0.2, 0.25) is 0 Å². The van der Waals surface area contributed by atoms with Gasteiger partial charge in [-0.25, -0.2) is 4.79 Å². The van der Waals surface area contributed by atoms with E-state index in [4.69, 9.17) is 0 Å². The second-order valence-corrected chi connectivity index (χ2v) is 4.77. The molecule has 1 rings (SSSR count). The van der Waals surface area contributed by atoms with Crippen molar-refractivity contribution >= 4 is 6.03 Å². The molecule has 0 bridgehead atoms. The van der Waals surface area contributed by atoms with Crippen molar-refractivity contribution in [1.29, 1.82) is 0 Å². The van der Waals surface area contributed by atoms with E-state index >= 15 is 0 Å². The molecule has 0 radical (unpaired) electrons. The second-order valence-electron chi connectivity index (χ2n) is 4.77. The quantitative estimate of drug-likeness (QED) is 0.819. The first kappa shape index (κ1) is 15.1. The van der Waals surface area contributed by atoms with Crippen LogP contribution in [-0.2, 0) is 0 Å². The van der Waals surface area contributed by atoms with Crippen LogP contribution in [0.4, 0.5) is 18.0 Å². The molecule has 0 unspecified atom stereocenters. The maximum atomic E-state index is 11.9. The van der Waals surface area contributed by atoms with Crippen molar-refractivity contribution < 1.29 is 23.1 Å². The van der Waals surface area contributed by atoms with Gasteiger partial charge in [0.1, 0.15) is 6.54 Å². The van der Waals surface area contributed by atoms with Crippen LogP contribution in [0.25, 0.3) is 0 Å². The van der Waals surface area contributed by atoms with Gasteiger partial charge in [-0.1, -0.05) is 6.92 Å². The van der Waals surface area contributed by atoms with Gasteiger partial charge in [-0.05, 0) is 24.7 Å². The number of carbonyl (C=O) groups is 1. The van der Waals surface area contributed by atoms with Crippen molar-refractivity contribution in [1.82, 2.24) is 10.2 Å². The van der Waals surface area contributed by atoms with Gasteiger partial charge in [0.25, 0.3) is 0 Å². The third kappa shape index (κ3) is 4.04. The number of aliphatic hydroxyl groups excluding tert-OH is 1. The van der Waals surface area contributed by atoms with Crippen molar-refractivity contribution in [3.63, 3.8) is 0 Å². The number of alkyl halides is 3.